The number of fused-ring (bicyclic) bond motifs is 6. The summed E-state index contributed by atoms with van der Waals surface area (Å²) in [6, 6.07) is 47.5. The molecule has 0 aliphatic rings. The molecule has 0 aliphatic carbocycles. The zero-order valence-electron chi connectivity index (χ0n) is 19.6. The number of nitriles is 1. The quantitative estimate of drug-likeness (QED) is 0.238. The predicted octanol–water partition coefficient (Wildman–Crippen LogP) is 9.51. The maximum Gasteiger partial charge on any atom is 0.0991 e. The van der Waals surface area contributed by atoms with Crippen LogP contribution < -0.4 is 0 Å². The fourth-order valence-electron chi connectivity index (χ4n) is 5.51. The summed E-state index contributed by atoms with van der Waals surface area (Å²) in [6.07, 6.45) is 0. The summed E-state index contributed by atoms with van der Waals surface area (Å²) < 4.78 is 0. The Labute approximate surface area is 209 Å². The van der Waals surface area contributed by atoms with E-state index in [1.807, 2.05) is 12.1 Å². The minimum Gasteiger partial charge on any atom is -0.192 e. The van der Waals surface area contributed by atoms with Gasteiger partial charge in [-0.3, -0.25) is 0 Å². The Bertz CT molecular complexity index is 1990. The van der Waals surface area contributed by atoms with E-state index in [0.29, 0.717) is 5.56 Å². The first-order chi connectivity index (χ1) is 17.8. The van der Waals surface area contributed by atoms with E-state index in [1.54, 1.807) is 0 Å². The van der Waals surface area contributed by atoms with Crippen molar-refractivity contribution in [3.05, 3.63) is 133 Å². The van der Waals surface area contributed by atoms with Crippen LogP contribution in [-0.2, 0) is 0 Å². The molecule has 0 unspecified atom stereocenters. The highest BCUT2D eigenvalue weighted by atomic mass is 14.2. The van der Waals surface area contributed by atoms with Gasteiger partial charge in [-0.05, 0) is 95.7 Å². The molecule has 0 aliphatic heterocycles. The van der Waals surface area contributed by atoms with Crippen molar-refractivity contribution in [2.45, 2.75) is 0 Å². The minimum atomic E-state index is 0.675. The molecule has 0 N–H and O–H groups in total. The SMILES string of the molecule is N#Cc1ccc(-c2cc3c4ccccc4c(-c4ccc5ccccc5c4)cc3c3ccccc23)cc1. The number of hydrogen-bond acceptors (Lipinski definition) is 1. The summed E-state index contributed by atoms with van der Waals surface area (Å²) >= 11 is 0. The second-order valence-electron chi connectivity index (χ2n) is 9.29. The summed E-state index contributed by atoms with van der Waals surface area (Å²) in [6.45, 7) is 0. The second kappa shape index (κ2) is 8.08. The Kier molecular flexibility index (Phi) is 4.59. The van der Waals surface area contributed by atoms with E-state index >= 15 is 0 Å². The molecule has 7 rings (SSSR count). The van der Waals surface area contributed by atoms with Crippen molar-refractivity contribution in [2.24, 2.45) is 0 Å². The summed E-state index contributed by atoms with van der Waals surface area (Å²) in [5.74, 6) is 0. The molecule has 0 fully saturated rings. The van der Waals surface area contributed by atoms with Gasteiger partial charge in [-0.2, -0.15) is 5.26 Å². The van der Waals surface area contributed by atoms with Gasteiger partial charge in [-0.1, -0.05) is 97.1 Å². The van der Waals surface area contributed by atoms with Gasteiger partial charge in [0, 0.05) is 0 Å². The highest BCUT2D eigenvalue weighted by Crippen LogP contribution is 2.42. The largest absolute Gasteiger partial charge is 0.192 e. The lowest BCUT2D eigenvalue weighted by Gasteiger charge is -2.16. The van der Waals surface area contributed by atoms with Crippen LogP contribution in [0.25, 0.3) is 65.3 Å². The average molecular weight is 456 g/mol. The van der Waals surface area contributed by atoms with E-state index in [-0.39, 0.29) is 0 Å². The van der Waals surface area contributed by atoms with Gasteiger partial charge < -0.3 is 0 Å². The van der Waals surface area contributed by atoms with Crippen molar-refractivity contribution in [3.8, 4) is 28.3 Å². The van der Waals surface area contributed by atoms with Crippen molar-refractivity contribution < 1.29 is 0 Å². The molecule has 36 heavy (non-hydrogen) atoms. The zero-order valence-corrected chi connectivity index (χ0v) is 19.6. The average Bonchev–Trinajstić information content (AvgIpc) is 2.96. The van der Waals surface area contributed by atoms with Crippen LogP contribution in [0.3, 0.4) is 0 Å². The van der Waals surface area contributed by atoms with Crippen molar-refractivity contribution in [1.29, 1.82) is 5.26 Å². The number of hydrogen-bond donors (Lipinski definition) is 0. The molecule has 7 aromatic carbocycles. The highest BCUT2D eigenvalue weighted by Gasteiger charge is 2.14. The number of rotatable bonds is 2. The van der Waals surface area contributed by atoms with E-state index in [2.05, 4.69) is 121 Å². The van der Waals surface area contributed by atoms with E-state index in [0.717, 1.165) is 5.56 Å². The van der Waals surface area contributed by atoms with Crippen LogP contribution in [0.5, 0.6) is 0 Å². The van der Waals surface area contributed by atoms with Gasteiger partial charge in [-0.25, -0.2) is 0 Å². The lowest BCUT2D eigenvalue weighted by Crippen LogP contribution is -1.89. The molecule has 0 heterocycles. The molecule has 0 spiro atoms. The molecule has 0 aromatic heterocycles. The first kappa shape index (κ1) is 20.4. The maximum absolute atomic E-state index is 9.26. The zero-order chi connectivity index (χ0) is 24.1. The lowest BCUT2D eigenvalue weighted by atomic mass is 9.87. The molecule has 7 aromatic rings. The van der Waals surface area contributed by atoms with E-state index in [1.165, 1.54) is 59.8 Å². The van der Waals surface area contributed by atoms with E-state index < -0.39 is 0 Å². The third kappa shape index (κ3) is 3.17. The third-order valence-electron chi connectivity index (χ3n) is 7.27. The van der Waals surface area contributed by atoms with Crippen molar-refractivity contribution >= 4 is 43.1 Å². The molecule has 0 saturated heterocycles. The smallest absolute Gasteiger partial charge is 0.0991 e. The molecular weight excluding hydrogens is 434 g/mol. The Morgan fingerprint density at radius 1 is 0.389 bits per heavy atom. The highest BCUT2D eigenvalue weighted by molar-refractivity contribution is 6.24. The van der Waals surface area contributed by atoms with Crippen LogP contribution in [0.15, 0.2) is 127 Å². The predicted molar refractivity (Wildman–Crippen MR) is 152 cm³/mol. The van der Waals surface area contributed by atoms with Gasteiger partial charge >= 0.3 is 0 Å². The van der Waals surface area contributed by atoms with Crippen LogP contribution in [-0.4, -0.2) is 0 Å². The van der Waals surface area contributed by atoms with Crippen LogP contribution in [0.2, 0.25) is 0 Å². The number of benzene rings is 7. The lowest BCUT2D eigenvalue weighted by molar-refractivity contribution is 1.48. The van der Waals surface area contributed by atoms with E-state index in [9.17, 15) is 5.26 Å². The van der Waals surface area contributed by atoms with Crippen molar-refractivity contribution in [3.63, 3.8) is 0 Å². The molecule has 1 heteroatoms. The fourth-order valence-corrected chi connectivity index (χ4v) is 5.51. The Morgan fingerprint density at radius 3 is 1.50 bits per heavy atom. The molecular formula is C35H21N. The normalized spacial score (nSPS) is 11.3. The molecule has 0 saturated carbocycles. The minimum absolute atomic E-state index is 0.675. The summed E-state index contributed by atoms with van der Waals surface area (Å²) in [5.41, 5.74) is 5.46. The van der Waals surface area contributed by atoms with Crippen molar-refractivity contribution in [1.82, 2.24) is 0 Å². The van der Waals surface area contributed by atoms with Gasteiger partial charge in [0.1, 0.15) is 0 Å². The molecule has 1 nitrogen and oxygen atoms in total. The fraction of sp³-hybridized carbons (Fsp3) is 0. The molecule has 0 amide bonds. The van der Waals surface area contributed by atoms with Crippen LogP contribution in [0.1, 0.15) is 5.56 Å². The molecule has 0 radical (unpaired) electrons. The Morgan fingerprint density at radius 2 is 0.889 bits per heavy atom. The molecule has 166 valence electrons. The monoisotopic (exact) mass is 455 g/mol. The first-order valence-electron chi connectivity index (χ1n) is 12.2. The van der Waals surface area contributed by atoms with Crippen molar-refractivity contribution in [2.75, 3.05) is 0 Å². The van der Waals surface area contributed by atoms with Gasteiger partial charge in [-0.15, -0.1) is 0 Å². The Hall–Kier alpha value is -4.93. The summed E-state index contributed by atoms with van der Waals surface area (Å²) in [4.78, 5) is 0. The van der Waals surface area contributed by atoms with Gasteiger partial charge in [0.15, 0.2) is 0 Å². The van der Waals surface area contributed by atoms with Gasteiger partial charge in [0.25, 0.3) is 0 Å². The summed E-state index contributed by atoms with van der Waals surface area (Å²) in [5, 5.41) is 19.2. The standard InChI is InChI=1S/C35H21N/c36-22-23-13-15-25(16-14-23)32-20-34-31-12-6-4-10-29(31)33(21-35(34)30-11-5-3-9-28(30)32)27-18-17-24-7-1-2-8-26(24)19-27/h1-21H. The van der Waals surface area contributed by atoms with Crippen LogP contribution in [0, 0.1) is 11.3 Å². The summed E-state index contributed by atoms with van der Waals surface area (Å²) in [7, 11) is 0. The van der Waals surface area contributed by atoms with E-state index in [4.69, 9.17) is 0 Å². The molecule has 0 atom stereocenters. The topological polar surface area (TPSA) is 23.8 Å². The third-order valence-corrected chi connectivity index (χ3v) is 7.27. The van der Waals surface area contributed by atoms with Crippen LogP contribution in [0.4, 0.5) is 0 Å². The Balaban J connectivity index is 1.59. The first-order valence-corrected chi connectivity index (χ1v) is 12.2. The maximum atomic E-state index is 9.26. The molecule has 0 bridgehead atoms. The second-order valence-corrected chi connectivity index (χ2v) is 9.29. The number of nitrogens with zero attached hydrogens (tertiary/aromatic N) is 1. The van der Waals surface area contributed by atoms with Gasteiger partial charge in [0.2, 0.25) is 0 Å². The van der Waals surface area contributed by atoms with Crippen LogP contribution >= 0.6 is 0 Å². The van der Waals surface area contributed by atoms with Gasteiger partial charge in [0.05, 0.1) is 11.6 Å².